The molecule has 0 fully saturated rings. The maximum Gasteiger partial charge on any atom is 0.258 e. The number of nitrogens with one attached hydrogen (secondary N) is 1. The SMILES string of the molecule is Nc1ccc(C(=O)Nc2cccc3ncccc23)c(F)c1. The summed E-state index contributed by atoms with van der Waals surface area (Å²) in [6.07, 6.45) is 1.67. The highest BCUT2D eigenvalue weighted by atomic mass is 19.1. The number of rotatable bonds is 2. The standard InChI is InChI=1S/C16H12FN3O/c17-13-9-10(18)6-7-11(13)16(21)20-15-5-1-4-14-12(15)3-2-8-19-14/h1-9H,18H2,(H,20,21). The van der Waals surface area contributed by atoms with Crippen LogP contribution >= 0.6 is 0 Å². The van der Waals surface area contributed by atoms with Gasteiger partial charge in [-0.25, -0.2) is 4.39 Å². The van der Waals surface area contributed by atoms with Crippen molar-refractivity contribution in [1.29, 1.82) is 0 Å². The second kappa shape index (κ2) is 5.20. The summed E-state index contributed by atoms with van der Waals surface area (Å²) in [5.74, 6) is -1.17. The minimum absolute atomic E-state index is 0.0508. The molecule has 0 saturated carbocycles. The third kappa shape index (κ3) is 2.53. The van der Waals surface area contributed by atoms with Crippen LogP contribution < -0.4 is 11.1 Å². The molecule has 2 aromatic carbocycles. The van der Waals surface area contributed by atoms with Crippen LogP contribution in [-0.4, -0.2) is 10.9 Å². The number of fused-ring (bicyclic) bond motifs is 1. The number of carbonyl (C=O) groups excluding carboxylic acids is 1. The Kier molecular flexibility index (Phi) is 3.23. The van der Waals surface area contributed by atoms with Crippen LogP contribution in [-0.2, 0) is 0 Å². The fourth-order valence-corrected chi connectivity index (χ4v) is 2.12. The highest BCUT2D eigenvalue weighted by molar-refractivity contribution is 6.08. The minimum atomic E-state index is -0.647. The van der Waals surface area contributed by atoms with E-state index in [-0.39, 0.29) is 11.3 Å². The number of nitrogen functional groups attached to an aromatic ring is 1. The lowest BCUT2D eigenvalue weighted by atomic mass is 10.1. The molecule has 0 spiro atoms. The van der Waals surface area contributed by atoms with Crippen molar-refractivity contribution in [3.63, 3.8) is 0 Å². The lowest BCUT2D eigenvalue weighted by Crippen LogP contribution is -2.14. The van der Waals surface area contributed by atoms with Crippen LogP contribution in [0.2, 0.25) is 0 Å². The number of nitrogens with zero attached hydrogens (tertiary/aromatic N) is 1. The molecular weight excluding hydrogens is 269 g/mol. The van der Waals surface area contributed by atoms with E-state index in [1.54, 1.807) is 24.4 Å². The number of halogens is 1. The average Bonchev–Trinajstić information content (AvgIpc) is 2.47. The van der Waals surface area contributed by atoms with Gasteiger partial charge in [-0.3, -0.25) is 9.78 Å². The second-order valence-corrected chi connectivity index (χ2v) is 4.57. The van der Waals surface area contributed by atoms with E-state index in [2.05, 4.69) is 10.3 Å². The van der Waals surface area contributed by atoms with Gasteiger partial charge in [0.1, 0.15) is 5.82 Å². The molecule has 0 saturated heterocycles. The van der Waals surface area contributed by atoms with Gasteiger partial charge >= 0.3 is 0 Å². The largest absolute Gasteiger partial charge is 0.399 e. The smallest absolute Gasteiger partial charge is 0.258 e. The normalized spacial score (nSPS) is 10.5. The van der Waals surface area contributed by atoms with Crippen molar-refractivity contribution in [2.45, 2.75) is 0 Å². The average molecular weight is 281 g/mol. The summed E-state index contributed by atoms with van der Waals surface area (Å²) in [5.41, 5.74) is 7.04. The molecule has 3 N–H and O–H groups in total. The van der Waals surface area contributed by atoms with Gasteiger partial charge in [0.25, 0.3) is 5.91 Å². The quantitative estimate of drug-likeness (QED) is 0.709. The van der Waals surface area contributed by atoms with Gasteiger partial charge in [-0.1, -0.05) is 6.07 Å². The number of carbonyl (C=O) groups is 1. The van der Waals surface area contributed by atoms with E-state index < -0.39 is 11.7 Å². The first-order valence-electron chi connectivity index (χ1n) is 6.35. The molecule has 3 rings (SSSR count). The number of benzene rings is 2. The number of anilines is 2. The molecule has 3 aromatic rings. The molecule has 1 aromatic heterocycles. The first-order valence-corrected chi connectivity index (χ1v) is 6.35. The number of pyridine rings is 1. The van der Waals surface area contributed by atoms with Crippen molar-refractivity contribution in [2.75, 3.05) is 11.1 Å². The van der Waals surface area contributed by atoms with E-state index in [9.17, 15) is 9.18 Å². The molecule has 104 valence electrons. The van der Waals surface area contributed by atoms with Gasteiger partial charge in [0.2, 0.25) is 0 Å². The molecule has 0 aliphatic heterocycles. The Morgan fingerprint density at radius 3 is 2.81 bits per heavy atom. The van der Waals surface area contributed by atoms with Crippen LogP contribution in [0.5, 0.6) is 0 Å². The summed E-state index contributed by atoms with van der Waals surface area (Å²) in [4.78, 5) is 16.4. The number of amides is 1. The summed E-state index contributed by atoms with van der Waals surface area (Å²) in [7, 11) is 0. The molecular formula is C16H12FN3O. The monoisotopic (exact) mass is 281 g/mol. The Bertz CT molecular complexity index is 827. The Hall–Kier alpha value is -2.95. The Balaban J connectivity index is 1.97. The summed E-state index contributed by atoms with van der Waals surface area (Å²) in [6.45, 7) is 0. The van der Waals surface area contributed by atoms with Crippen LogP contribution in [0.1, 0.15) is 10.4 Å². The van der Waals surface area contributed by atoms with E-state index in [0.29, 0.717) is 5.69 Å². The number of aromatic nitrogens is 1. The molecule has 0 aliphatic carbocycles. The minimum Gasteiger partial charge on any atom is -0.399 e. The maximum atomic E-state index is 13.8. The van der Waals surface area contributed by atoms with Crippen molar-refractivity contribution in [1.82, 2.24) is 4.98 Å². The van der Waals surface area contributed by atoms with Crippen LogP contribution in [0.3, 0.4) is 0 Å². The van der Waals surface area contributed by atoms with Gasteiger partial charge in [0.05, 0.1) is 16.8 Å². The molecule has 21 heavy (non-hydrogen) atoms. The Labute approximate surface area is 120 Å². The molecule has 1 amide bonds. The van der Waals surface area contributed by atoms with Gasteiger partial charge in [-0.2, -0.15) is 0 Å². The van der Waals surface area contributed by atoms with E-state index >= 15 is 0 Å². The van der Waals surface area contributed by atoms with Crippen molar-refractivity contribution in [2.24, 2.45) is 0 Å². The zero-order valence-corrected chi connectivity index (χ0v) is 11.0. The van der Waals surface area contributed by atoms with E-state index in [1.165, 1.54) is 12.1 Å². The predicted octanol–water partition coefficient (Wildman–Crippen LogP) is 3.21. The summed E-state index contributed by atoms with van der Waals surface area (Å²) < 4.78 is 13.8. The highest BCUT2D eigenvalue weighted by Gasteiger charge is 2.13. The molecule has 5 heteroatoms. The van der Waals surface area contributed by atoms with Crippen LogP contribution in [0.25, 0.3) is 10.9 Å². The van der Waals surface area contributed by atoms with Crippen molar-refractivity contribution >= 4 is 28.2 Å². The van der Waals surface area contributed by atoms with Gasteiger partial charge in [0.15, 0.2) is 0 Å². The van der Waals surface area contributed by atoms with Gasteiger partial charge in [-0.15, -0.1) is 0 Å². The van der Waals surface area contributed by atoms with Gasteiger partial charge < -0.3 is 11.1 Å². The maximum absolute atomic E-state index is 13.8. The van der Waals surface area contributed by atoms with E-state index in [1.807, 2.05) is 12.1 Å². The third-order valence-electron chi connectivity index (χ3n) is 3.13. The molecule has 0 bridgehead atoms. The molecule has 0 unspecified atom stereocenters. The molecule has 0 atom stereocenters. The van der Waals surface area contributed by atoms with Crippen molar-refractivity contribution in [3.05, 3.63) is 66.1 Å². The van der Waals surface area contributed by atoms with Crippen LogP contribution in [0.15, 0.2) is 54.7 Å². The summed E-state index contributed by atoms with van der Waals surface area (Å²) >= 11 is 0. The van der Waals surface area contributed by atoms with Gasteiger partial charge in [0, 0.05) is 17.3 Å². The van der Waals surface area contributed by atoms with Crippen molar-refractivity contribution in [3.8, 4) is 0 Å². The van der Waals surface area contributed by atoms with E-state index in [4.69, 9.17) is 5.73 Å². The Morgan fingerprint density at radius 1 is 1.14 bits per heavy atom. The second-order valence-electron chi connectivity index (χ2n) is 4.57. The molecule has 0 radical (unpaired) electrons. The lowest BCUT2D eigenvalue weighted by molar-refractivity contribution is 0.102. The predicted molar refractivity (Wildman–Crippen MR) is 80.5 cm³/mol. The Morgan fingerprint density at radius 2 is 2.00 bits per heavy atom. The first kappa shape index (κ1) is 13.1. The molecule has 0 aliphatic rings. The van der Waals surface area contributed by atoms with Crippen molar-refractivity contribution < 1.29 is 9.18 Å². The zero-order chi connectivity index (χ0) is 14.8. The summed E-state index contributed by atoms with van der Waals surface area (Å²) in [6, 6.07) is 13.0. The summed E-state index contributed by atoms with van der Waals surface area (Å²) in [5, 5.41) is 3.50. The number of nitrogens with two attached hydrogens (primary N) is 1. The first-order chi connectivity index (χ1) is 10.1. The number of hydrogen-bond acceptors (Lipinski definition) is 3. The fraction of sp³-hybridized carbons (Fsp3) is 0. The van der Waals surface area contributed by atoms with Crippen LogP contribution in [0, 0.1) is 5.82 Å². The third-order valence-corrected chi connectivity index (χ3v) is 3.13. The van der Waals surface area contributed by atoms with E-state index in [0.717, 1.165) is 17.0 Å². The number of hydrogen-bond donors (Lipinski definition) is 2. The topological polar surface area (TPSA) is 68.0 Å². The highest BCUT2D eigenvalue weighted by Crippen LogP contribution is 2.22. The molecule has 1 heterocycles. The van der Waals surface area contributed by atoms with Gasteiger partial charge in [-0.05, 0) is 42.5 Å². The lowest BCUT2D eigenvalue weighted by Gasteiger charge is -2.09. The zero-order valence-electron chi connectivity index (χ0n) is 11.0. The fourth-order valence-electron chi connectivity index (χ4n) is 2.12. The molecule has 4 nitrogen and oxygen atoms in total. The van der Waals surface area contributed by atoms with Crippen LogP contribution in [0.4, 0.5) is 15.8 Å².